The third-order valence-electron chi connectivity index (χ3n) is 4.89. The van der Waals surface area contributed by atoms with Crippen molar-refractivity contribution in [3.63, 3.8) is 0 Å². The van der Waals surface area contributed by atoms with Gasteiger partial charge in [0.1, 0.15) is 0 Å². The van der Waals surface area contributed by atoms with Crippen LogP contribution in [0.2, 0.25) is 0 Å². The van der Waals surface area contributed by atoms with Crippen LogP contribution in [0.3, 0.4) is 0 Å². The van der Waals surface area contributed by atoms with Crippen molar-refractivity contribution in [2.45, 2.75) is 36.7 Å². The van der Waals surface area contributed by atoms with E-state index in [1.165, 1.54) is 49.7 Å². The minimum absolute atomic E-state index is 0.674. The van der Waals surface area contributed by atoms with E-state index in [4.69, 9.17) is 4.74 Å². The molecule has 0 radical (unpaired) electrons. The van der Waals surface area contributed by atoms with E-state index in [9.17, 15) is 0 Å². The normalized spacial score (nSPS) is 25.4. The molecule has 22 heavy (non-hydrogen) atoms. The predicted molar refractivity (Wildman–Crippen MR) is 93.6 cm³/mol. The Hall–Kier alpha value is -0.550. The molecule has 2 saturated heterocycles. The van der Waals surface area contributed by atoms with E-state index < -0.39 is 0 Å². The van der Waals surface area contributed by atoms with Gasteiger partial charge in [0.2, 0.25) is 0 Å². The van der Waals surface area contributed by atoms with Gasteiger partial charge in [0.15, 0.2) is 0 Å². The SMILES string of the molecule is C[C@H]1CN(C2CCOCC2)CCN1CCSc1ccccc1. The van der Waals surface area contributed by atoms with Crippen molar-refractivity contribution in [3.05, 3.63) is 30.3 Å². The summed E-state index contributed by atoms with van der Waals surface area (Å²) in [5.41, 5.74) is 0. The van der Waals surface area contributed by atoms with Crippen LogP contribution in [-0.2, 0) is 4.74 Å². The maximum Gasteiger partial charge on any atom is 0.0480 e. The monoisotopic (exact) mass is 320 g/mol. The first-order chi connectivity index (χ1) is 10.8. The molecule has 1 aromatic rings. The molecule has 0 saturated carbocycles. The van der Waals surface area contributed by atoms with Gasteiger partial charge in [-0.3, -0.25) is 9.80 Å². The number of rotatable bonds is 5. The first-order valence-electron chi connectivity index (χ1n) is 8.56. The summed E-state index contributed by atoms with van der Waals surface area (Å²) in [6.07, 6.45) is 2.44. The third-order valence-corrected chi connectivity index (χ3v) is 5.89. The van der Waals surface area contributed by atoms with Gasteiger partial charge in [-0.05, 0) is 31.9 Å². The second-order valence-corrected chi connectivity index (χ2v) is 7.55. The third kappa shape index (κ3) is 4.48. The molecule has 3 nitrogen and oxygen atoms in total. The lowest BCUT2D eigenvalue weighted by atomic mass is 10.0. The summed E-state index contributed by atoms with van der Waals surface area (Å²) < 4.78 is 5.49. The van der Waals surface area contributed by atoms with Gasteiger partial charge < -0.3 is 4.74 Å². The molecule has 0 spiro atoms. The van der Waals surface area contributed by atoms with E-state index in [0.717, 1.165) is 19.3 Å². The van der Waals surface area contributed by atoms with E-state index in [-0.39, 0.29) is 0 Å². The van der Waals surface area contributed by atoms with Crippen LogP contribution in [0, 0.1) is 0 Å². The molecule has 1 aromatic carbocycles. The molecule has 0 unspecified atom stereocenters. The fourth-order valence-electron chi connectivity index (χ4n) is 3.54. The molecule has 0 aliphatic carbocycles. The van der Waals surface area contributed by atoms with Gasteiger partial charge in [0, 0.05) is 62.1 Å². The van der Waals surface area contributed by atoms with Gasteiger partial charge >= 0.3 is 0 Å². The molecule has 122 valence electrons. The summed E-state index contributed by atoms with van der Waals surface area (Å²) in [5, 5.41) is 0. The number of nitrogens with zero attached hydrogens (tertiary/aromatic N) is 2. The first-order valence-corrected chi connectivity index (χ1v) is 9.55. The second-order valence-electron chi connectivity index (χ2n) is 6.38. The van der Waals surface area contributed by atoms with Crippen molar-refractivity contribution in [2.75, 3.05) is 45.1 Å². The van der Waals surface area contributed by atoms with Crippen molar-refractivity contribution < 1.29 is 4.74 Å². The summed E-state index contributed by atoms with van der Waals surface area (Å²) in [7, 11) is 0. The van der Waals surface area contributed by atoms with Crippen LogP contribution in [0.15, 0.2) is 35.2 Å². The lowest BCUT2D eigenvalue weighted by Crippen LogP contribution is -2.56. The van der Waals surface area contributed by atoms with Crippen LogP contribution in [0.25, 0.3) is 0 Å². The van der Waals surface area contributed by atoms with Crippen molar-refractivity contribution in [1.82, 2.24) is 9.80 Å². The van der Waals surface area contributed by atoms with E-state index >= 15 is 0 Å². The highest BCUT2D eigenvalue weighted by Gasteiger charge is 2.28. The topological polar surface area (TPSA) is 15.7 Å². The number of thioether (sulfide) groups is 1. The highest BCUT2D eigenvalue weighted by molar-refractivity contribution is 7.99. The molecule has 2 aliphatic rings. The van der Waals surface area contributed by atoms with E-state index in [1.54, 1.807) is 0 Å². The van der Waals surface area contributed by atoms with E-state index in [2.05, 4.69) is 47.1 Å². The molecule has 2 fully saturated rings. The minimum Gasteiger partial charge on any atom is -0.381 e. The summed E-state index contributed by atoms with van der Waals surface area (Å²) in [4.78, 5) is 6.75. The second kappa shape index (κ2) is 8.34. The highest BCUT2D eigenvalue weighted by atomic mass is 32.2. The number of piperazine rings is 1. The largest absolute Gasteiger partial charge is 0.381 e. The average molecular weight is 321 g/mol. The van der Waals surface area contributed by atoms with Crippen molar-refractivity contribution >= 4 is 11.8 Å². The van der Waals surface area contributed by atoms with Crippen molar-refractivity contribution in [1.29, 1.82) is 0 Å². The van der Waals surface area contributed by atoms with E-state index in [0.29, 0.717) is 6.04 Å². The van der Waals surface area contributed by atoms with E-state index in [1.807, 2.05) is 11.8 Å². The van der Waals surface area contributed by atoms with Gasteiger partial charge in [-0.25, -0.2) is 0 Å². The van der Waals surface area contributed by atoms with Gasteiger partial charge in [0.25, 0.3) is 0 Å². The molecule has 0 bridgehead atoms. The van der Waals surface area contributed by atoms with Gasteiger partial charge in [0.05, 0.1) is 0 Å². The zero-order valence-corrected chi connectivity index (χ0v) is 14.4. The van der Waals surface area contributed by atoms with Crippen molar-refractivity contribution in [3.8, 4) is 0 Å². The Morgan fingerprint density at radius 2 is 1.91 bits per heavy atom. The Morgan fingerprint density at radius 3 is 2.64 bits per heavy atom. The van der Waals surface area contributed by atoms with Crippen LogP contribution in [0.4, 0.5) is 0 Å². The standard InChI is InChI=1S/C18H28N2OS/c1-16-15-20(17-7-12-21-13-8-17)10-9-19(16)11-14-22-18-5-3-2-4-6-18/h2-6,16-17H,7-15H2,1H3/t16-/m0/s1. The zero-order chi connectivity index (χ0) is 15.2. The minimum atomic E-state index is 0.674. The zero-order valence-electron chi connectivity index (χ0n) is 13.6. The molecule has 1 atom stereocenters. The Kier molecular flexibility index (Phi) is 6.19. The molecule has 3 rings (SSSR count). The average Bonchev–Trinajstić information content (AvgIpc) is 2.58. The smallest absolute Gasteiger partial charge is 0.0480 e. The van der Waals surface area contributed by atoms with Crippen LogP contribution in [-0.4, -0.2) is 67.0 Å². The quantitative estimate of drug-likeness (QED) is 0.775. The number of ether oxygens (including phenoxy) is 1. The fraction of sp³-hybridized carbons (Fsp3) is 0.667. The van der Waals surface area contributed by atoms with Gasteiger partial charge in [-0.15, -0.1) is 11.8 Å². The lowest BCUT2D eigenvalue weighted by molar-refractivity contribution is 0.0000982. The van der Waals surface area contributed by atoms with Crippen LogP contribution >= 0.6 is 11.8 Å². The molecule has 0 aromatic heterocycles. The molecule has 2 heterocycles. The van der Waals surface area contributed by atoms with Gasteiger partial charge in [-0.1, -0.05) is 18.2 Å². The van der Waals surface area contributed by atoms with Gasteiger partial charge in [-0.2, -0.15) is 0 Å². The Labute approximate surface area is 139 Å². The summed E-state index contributed by atoms with van der Waals surface area (Å²) >= 11 is 1.97. The Balaban J connectivity index is 1.40. The molecule has 0 amide bonds. The van der Waals surface area contributed by atoms with Crippen LogP contribution < -0.4 is 0 Å². The number of benzene rings is 1. The molecular weight excluding hydrogens is 292 g/mol. The molecule has 2 aliphatic heterocycles. The number of hydrogen-bond donors (Lipinski definition) is 0. The fourth-order valence-corrected chi connectivity index (χ4v) is 4.45. The Bertz CT molecular complexity index is 436. The lowest BCUT2D eigenvalue weighted by Gasteiger charge is -2.44. The first kappa shape index (κ1) is 16.3. The highest BCUT2D eigenvalue weighted by Crippen LogP contribution is 2.21. The van der Waals surface area contributed by atoms with Crippen LogP contribution in [0.5, 0.6) is 0 Å². The maximum absolute atomic E-state index is 5.49. The molecular formula is C18H28N2OS. The summed E-state index contributed by atoms with van der Waals surface area (Å²) in [6.45, 7) is 9.15. The summed E-state index contributed by atoms with van der Waals surface area (Å²) in [6, 6.07) is 12.2. The van der Waals surface area contributed by atoms with Crippen molar-refractivity contribution in [2.24, 2.45) is 0 Å². The van der Waals surface area contributed by atoms with Crippen LogP contribution in [0.1, 0.15) is 19.8 Å². The maximum atomic E-state index is 5.49. The predicted octanol–water partition coefficient (Wildman–Crippen LogP) is 2.96. The molecule has 4 heteroatoms. The number of hydrogen-bond acceptors (Lipinski definition) is 4. The Morgan fingerprint density at radius 1 is 1.14 bits per heavy atom. The summed E-state index contributed by atoms with van der Waals surface area (Å²) in [5.74, 6) is 1.19. The molecule has 0 N–H and O–H groups in total.